The van der Waals surface area contributed by atoms with Crippen LogP contribution >= 0.6 is 11.3 Å². The summed E-state index contributed by atoms with van der Waals surface area (Å²) in [6.45, 7) is 6.98. The molecule has 4 rings (SSSR count). The van der Waals surface area contributed by atoms with E-state index < -0.39 is 0 Å². The summed E-state index contributed by atoms with van der Waals surface area (Å²) in [4.78, 5) is 17.7. The van der Waals surface area contributed by atoms with Crippen LogP contribution in [-0.2, 0) is 6.54 Å². The lowest BCUT2D eigenvalue weighted by atomic mass is 10.1. The van der Waals surface area contributed by atoms with Crippen molar-refractivity contribution in [2.24, 2.45) is 4.99 Å². The Morgan fingerprint density at radius 1 is 1.12 bits per heavy atom. The SMILES string of the molecule is CCn1c(=NC(=O)c2cc(C)cc(C)c2)sc2cc3c(cc21)OCO3. The highest BCUT2D eigenvalue weighted by atomic mass is 32.1. The molecule has 0 bridgehead atoms. The van der Waals surface area contributed by atoms with Crippen molar-refractivity contribution in [1.29, 1.82) is 0 Å². The summed E-state index contributed by atoms with van der Waals surface area (Å²) < 4.78 is 14.0. The number of nitrogens with zero attached hydrogens (tertiary/aromatic N) is 2. The highest BCUT2D eigenvalue weighted by molar-refractivity contribution is 7.16. The lowest BCUT2D eigenvalue weighted by Gasteiger charge is -2.02. The zero-order valence-corrected chi connectivity index (χ0v) is 15.1. The summed E-state index contributed by atoms with van der Waals surface area (Å²) in [7, 11) is 0. The molecule has 0 N–H and O–H groups in total. The summed E-state index contributed by atoms with van der Waals surface area (Å²) >= 11 is 1.49. The smallest absolute Gasteiger partial charge is 0.279 e. The van der Waals surface area contributed by atoms with Gasteiger partial charge in [-0.2, -0.15) is 4.99 Å². The number of hydrogen-bond donors (Lipinski definition) is 0. The minimum Gasteiger partial charge on any atom is -0.454 e. The van der Waals surface area contributed by atoms with E-state index in [1.165, 1.54) is 11.3 Å². The Morgan fingerprint density at radius 3 is 2.48 bits per heavy atom. The first-order chi connectivity index (χ1) is 12.0. The number of carbonyl (C=O) groups excluding carboxylic acids is 1. The van der Waals surface area contributed by atoms with Gasteiger partial charge in [-0.1, -0.05) is 28.5 Å². The fourth-order valence-corrected chi connectivity index (χ4v) is 4.20. The number of amides is 1. The van der Waals surface area contributed by atoms with Gasteiger partial charge in [-0.25, -0.2) is 0 Å². The zero-order chi connectivity index (χ0) is 17.6. The Kier molecular flexibility index (Phi) is 3.84. The number of benzene rings is 2. The van der Waals surface area contributed by atoms with Crippen molar-refractivity contribution < 1.29 is 14.3 Å². The van der Waals surface area contributed by atoms with Gasteiger partial charge >= 0.3 is 0 Å². The number of thiazole rings is 1. The number of aryl methyl sites for hydroxylation is 3. The molecule has 0 unspecified atom stereocenters. The second kappa shape index (κ2) is 6.04. The highest BCUT2D eigenvalue weighted by Crippen LogP contribution is 2.36. The maximum atomic E-state index is 12.6. The van der Waals surface area contributed by atoms with Crippen molar-refractivity contribution in [3.8, 4) is 11.5 Å². The average molecular weight is 354 g/mol. The molecule has 0 radical (unpaired) electrons. The minimum atomic E-state index is -0.222. The van der Waals surface area contributed by atoms with Crippen LogP contribution in [-0.4, -0.2) is 17.3 Å². The average Bonchev–Trinajstić information content (AvgIpc) is 3.14. The van der Waals surface area contributed by atoms with Gasteiger partial charge in [0.15, 0.2) is 16.3 Å². The van der Waals surface area contributed by atoms with Crippen molar-refractivity contribution in [2.45, 2.75) is 27.3 Å². The monoisotopic (exact) mass is 354 g/mol. The first kappa shape index (κ1) is 15.9. The lowest BCUT2D eigenvalue weighted by Crippen LogP contribution is -2.16. The molecule has 25 heavy (non-hydrogen) atoms. The Bertz CT molecular complexity index is 1040. The number of ether oxygens (including phenoxy) is 2. The van der Waals surface area contributed by atoms with E-state index in [9.17, 15) is 4.79 Å². The lowest BCUT2D eigenvalue weighted by molar-refractivity contribution is 0.0997. The van der Waals surface area contributed by atoms with E-state index in [0.29, 0.717) is 10.4 Å². The number of aromatic nitrogens is 1. The Balaban J connectivity index is 1.85. The molecule has 2 heterocycles. The molecule has 5 nitrogen and oxygen atoms in total. The van der Waals surface area contributed by atoms with Gasteiger partial charge in [0, 0.05) is 24.2 Å². The Hall–Kier alpha value is -2.60. The van der Waals surface area contributed by atoms with Crippen molar-refractivity contribution in [3.05, 3.63) is 51.8 Å². The Labute approximate surface area is 149 Å². The van der Waals surface area contributed by atoms with Gasteiger partial charge in [0.05, 0.1) is 10.2 Å². The van der Waals surface area contributed by atoms with Crippen LogP contribution in [0, 0.1) is 13.8 Å². The summed E-state index contributed by atoms with van der Waals surface area (Å²) in [6, 6.07) is 9.70. The molecule has 0 spiro atoms. The van der Waals surface area contributed by atoms with E-state index in [0.717, 1.165) is 39.4 Å². The molecule has 128 valence electrons. The van der Waals surface area contributed by atoms with E-state index in [-0.39, 0.29) is 12.7 Å². The number of rotatable bonds is 2. The fraction of sp³-hybridized carbons (Fsp3) is 0.263. The quantitative estimate of drug-likeness (QED) is 0.703. The normalized spacial score (nSPS) is 13.6. The molecule has 1 aliphatic heterocycles. The number of carbonyl (C=O) groups is 1. The van der Waals surface area contributed by atoms with Gasteiger partial charge in [0.2, 0.25) is 6.79 Å². The zero-order valence-electron chi connectivity index (χ0n) is 14.3. The van der Waals surface area contributed by atoms with Gasteiger partial charge in [0.1, 0.15) is 0 Å². The van der Waals surface area contributed by atoms with Crippen LogP contribution in [0.15, 0.2) is 35.3 Å². The van der Waals surface area contributed by atoms with Crippen molar-refractivity contribution >= 4 is 27.5 Å². The predicted molar refractivity (Wildman–Crippen MR) is 97.4 cm³/mol. The molecule has 2 aromatic carbocycles. The van der Waals surface area contributed by atoms with Crippen LogP contribution in [0.4, 0.5) is 0 Å². The first-order valence-corrected chi connectivity index (χ1v) is 8.97. The number of hydrogen-bond acceptors (Lipinski definition) is 4. The molecule has 3 aromatic rings. The van der Waals surface area contributed by atoms with Gasteiger partial charge in [-0.05, 0) is 32.9 Å². The summed E-state index contributed by atoms with van der Waals surface area (Å²) in [6.07, 6.45) is 0. The molecular weight excluding hydrogens is 336 g/mol. The van der Waals surface area contributed by atoms with E-state index in [1.807, 2.05) is 55.7 Å². The van der Waals surface area contributed by atoms with Gasteiger partial charge in [-0.15, -0.1) is 0 Å². The van der Waals surface area contributed by atoms with Crippen LogP contribution in [0.3, 0.4) is 0 Å². The minimum absolute atomic E-state index is 0.222. The molecule has 1 amide bonds. The molecule has 0 fully saturated rings. The van der Waals surface area contributed by atoms with Crippen LogP contribution in [0.2, 0.25) is 0 Å². The maximum absolute atomic E-state index is 12.6. The number of fused-ring (bicyclic) bond motifs is 2. The maximum Gasteiger partial charge on any atom is 0.279 e. The predicted octanol–water partition coefficient (Wildman–Crippen LogP) is 3.81. The summed E-state index contributed by atoms with van der Waals surface area (Å²) in [5, 5.41) is 0. The molecule has 0 aliphatic carbocycles. The third-order valence-corrected chi connectivity index (χ3v) is 5.20. The van der Waals surface area contributed by atoms with Crippen LogP contribution in [0.25, 0.3) is 10.2 Å². The largest absolute Gasteiger partial charge is 0.454 e. The van der Waals surface area contributed by atoms with Crippen molar-refractivity contribution in [3.63, 3.8) is 0 Å². The topological polar surface area (TPSA) is 52.8 Å². The van der Waals surface area contributed by atoms with E-state index >= 15 is 0 Å². The summed E-state index contributed by atoms with van der Waals surface area (Å²) in [5.74, 6) is 1.25. The standard InChI is InChI=1S/C19H18N2O3S/c1-4-21-14-8-15-16(24-10-23-15)9-17(14)25-19(21)20-18(22)13-6-11(2)5-12(3)7-13/h5-9H,4,10H2,1-3H3. The highest BCUT2D eigenvalue weighted by Gasteiger charge is 2.17. The van der Waals surface area contributed by atoms with E-state index in [2.05, 4.69) is 4.99 Å². The molecule has 0 saturated heterocycles. The molecule has 1 aliphatic rings. The third kappa shape index (κ3) is 2.82. The van der Waals surface area contributed by atoms with Crippen LogP contribution in [0.1, 0.15) is 28.4 Å². The van der Waals surface area contributed by atoms with Crippen molar-refractivity contribution in [1.82, 2.24) is 4.57 Å². The second-order valence-electron chi connectivity index (χ2n) is 6.10. The molecular formula is C19H18N2O3S. The van der Waals surface area contributed by atoms with Crippen molar-refractivity contribution in [2.75, 3.05) is 6.79 Å². The molecule has 0 saturated carbocycles. The first-order valence-electron chi connectivity index (χ1n) is 8.15. The fourth-order valence-electron chi connectivity index (χ4n) is 3.10. The van der Waals surface area contributed by atoms with Crippen LogP contribution in [0.5, 0.6) is 11.5 Å². The van der Waals surface area contributed by atoms with Gasteiger partial charge in [0.25, 0.3) is 5.91 Å². The Morgan fingerprint density at radius 2 is 1.80 bits per heavy atom. The molecule has 6 heteroatoms. The third-order valence-electron chi connectivity index (χ3n) is 4.16. The summed E-state index contributed by atoms with van der Waals surface area (Å²) in [5.41, 5.74) is 3.74. The van der Waals surface area contributed by atoms with Gasteiger partial charge < -0.3 is 14.0 Å². The van der Waals surface area contributed by atoms with Crippen LogP contribution < -0.4 is 14.3 Å². The van der Waals surface area contributed by atoms with E-state index in [4.69, 9.17) is 9.47 Å². The second-order valence-corrected chi connectivity index (χ2v) is 7.10. The van der Waals surface area contributed by atoms with Gasteiger partial charge in [-0.3, -0.25) is 4.79 Å². The van der Waals surface area contributed by atoms with E-state index in [1.54, 1.807) is 0 Å². The molecule has 0 atom stereocenters. The molecule has 1 aromatic heterocycles.